The predicted octanol–water partition coefficient (Wildman–Crippen LogP) is 3.65. The number of fused-ring (bicyclic) bond motifs is 3. The lowest BCUT2D eigenvalue weighted by atomic mass is 9.92. The van der Waals surface area contributed by atoms with Gasteiger partial charge in [-0.1, -0.05) is 43.3 Å². The summed E-state index contributed by atoms with van der Waals surface area (Å²) < 4.78 is 0. The molecule has 0 saturated heterocycles. The number of aryl methyl sites for hydroxylation is 1. The zero-order valence-corrected chi connectivity index (χ0v) is 11.2. The van der Waals surface area contributed by atoms with Crippen LogP contribution in [-0.4, -0.2) is 6.04 Å². The lowest BCUT2D eigenvalue weighted by Gasteiger charge is -2.14. The first-order valence-electron chi connectivity index (χ1n) is 7.22. The number of hydrogen-bond acceptors (Lipinski definition) is 1. The van der Waals surface area contributed by atoms with Crippen molar-refractivity contribution in [3.8, 4) is 0 Å². The summed E-state index contributed by atoms with van der Waals surface area (Å²) in [5, 5.41) is 0. The van der Waals surface area contributed by atoms with Gasteiger partial charge in [-0.25, -0.2) is 0 Å². The number of benzene rings is 1. The van der Waals surface area contributed by atoms with Crippen LogP contribution >= 0.6 is 0 Å². The number of hydrogen-bond donors (Lipinski definition) is 1. The summed E-state index contributed by atoms with van der Waals surface area (Å²) in [5.74, 6) is 2.30. The van der Waals surface area contributed by atoms with Gasteiger partial charge in [-0.2, -0.15) is 0 Å². The molecule has 4 unspecified atom stereocenters. The minimum atomic E-state index is 0.318. The molecule has 2 aliphatic rings. The SMILES string of the molecule is C=C(CC)CC(N)C1C2CCc3ccccc3C21. The summed E-state index contributed by atoms with van der Waals surface area (Å²) in [5.41, 5.74) is 10.9. The molecule has 1 heteroatoms. The molecule has 0 amide bonds. The summed E-state index contributed by atoms with van der Waals surface area (Å²) in [6.45, 7) is 6.28. The highest BCUT2D eigenvalue weighted by atomic mass is 14.7. The molecular formula is C17H23N. The fraction of sp³-hybridized carbons (Fsp3) is 0.529. The van der Waals surface area contributed by atoms with Gasteiger partial charge in [-0.15, -0.1) is 0 Å². The van der Waals surface area contributed by atoms with Crippen molar-refractivity contribution in [1.82, 2.24) is 0 Å². The van der Waals surface area contributed by atoms with E-state index in [0.29, 0.717) is 12.0 Å². The van der Waals surface area contributed by atoms with E-state index < -0.39 is 0 Å². The van der Waals surface area contributed by atoms with E-state index >= 15 is 0 Å². The first-order valence-corrected chi connectivity index (χ1v) is 7.22. The Morgan fingerprint density at radius 1 is 1.44 bits per heavy atom. The fourth-order valence-electron chi connectivity index (χ4n) is 3.82. The summed E-state index contributed by atoms with van der Waals surface area (Å²) in [7, 11) is 0. The molecule has 0 spiro atoms. The second-order valence-corrected chi connectivity index (χ2v) is 5.98. The molecule has 1 aromatic rings. The highest BCUT2D eigenvalue weighted by molar-refractivity contribution is 5.40. The van der Waals surface area contributed by atoms with Gasteiger partial charge in [0, 0.05) is 6.04 Å². The van der Waals surface area contributed by atoms with Crippen LogP contribution in [0.4, 0.5) is 0 Å². The summed E-state index contributed by atoms with van der Waals surface area (Å²) in [4.78, 5) is 0. The Morgan fingerprint density at radius 3 is 3.00 bits per heavy atom. The maximum Gasteiger partial charge on any atom is 0.0113 e. The van der Waals surface area contributed by atoms with Gasteiger partial charge in [0.2, 0.25) is 0 Å². The summed E-state index contributed by atoms with van der Waals surface area (Å²) in [6, 6.07) is 9.26. The third-order valence-corrected chi connectivity index (χ3v) is 4.91. The first-order chi connectivity index (χ1) is 8.72. The van der Waals surface area contributed by atoms with Gasteiger partial charge >= 0.3 is 0 Å². The molecular weight excluding hydrogens is 218 g/mol. The third-order valence-electron chi connectivity index (χ3n) is 4.91. The Hall–Kier alpha value is -1.08. The van der Waals surface area contributed by atoms with Crippen molar-refractivity contribution in [2.45, 2.75) is 44.6 Å². The van der Waals surface area contributed by atoms with Crippen molar-refractivity contribution >= 4 is 0 Å². The lowest BCUT2D eigenvalue weighted by molar-refractivity contribution is 0.527. The van der Waals surface area contributed by atoms with Gasteiger partial charge in [0.15, 0.2) is 0 Å². The standard InChI is InChI=1S/C17H23N/c1-3-11(2)10-15(18)17-14-9-8-12-6-4-5-7-13(12)16(14)17/h4-7,14-17H,2-3,8-10,18H2,1H3. The van der Waals surface area contributed by atoms with Crippen LogP contribution in [0.3, 0.4) is 0 Å². The van der Waals surface area contributed by atoms with Gasteiger partial charge < -0.3 is 5.73 Å². The Labute approximate surface area is 110 Å². The molecule has 1 saturated carbocycles. The van der Waals surface area contributed by atoms with Gasteiger partial charge in [-0.05, 0) is 54.6 Å². The topological polar surface area (TPSA) is 26.0 Å². The van der Waals surface area contributed by atoms with E-state index in [9.17, 15) is 0 Å². The monoisotopic (exact) mass is 241 g/mol. The van der Waals surface area contributed by atoms with E-state index in [1.807, 2.05) is 0 Å². The zero-order chi connectivity index (χ0) is 12.7. The maximum absolute atomic E-state index is 6.41. The Balaban J connectivity index is 1.74. The Kier molecular flexibility index (Phi) is 3.03. The van der Waals surface area contributed by atoms with Crippen LogP contribution in [0.15, 0.2) is 36.4 Å². The maximum atomic E-state index is 6.41. The fourth-order valence-corrected chi connectivity index (χ4v) is 3.82. The summed E-state index contributed by atoms with van der Waals surface area (Å²) >= 11 is 0. The molecule has 0 aliphatic heterocycles. The van der Waals surface area contributed by atoms with E-state index in [4.69, 9.17) is 5.73 Å². The molecule has 1 aromatic carbocycles. The van der Waals surface area contributed by atoms with Gasteiger partial charge in [0.25, 0.3) is 0 Å². The van der Waals surface area contributed by atoms with Crippen molar-refractivity contribution in [3.05, 3.63) is 47.5 Å². The molecule has 2 N–H and O–H groups in total. The van der Waals surface area contributed by atoms with E-state index in [-0.39, 0.29) is 0 Å². The highest BCUT2D eigenvalue weighted by Crippen LogP contribution is 2.61. The van der Waals surface area contributed by atoms with E-state index in [2.05, 4.69) is 37.8 Å². The molecule has 2 aliphatic carbocycles. The largest absolute Gasteiger partial charge is 0.327 e. The van der Waals surface area contributed by atoms with Crippen LogP contribution in [0.2, 0.25) is 0 Å². The van der Waals surface area contributed by atoms with E-state index in [0.717, 1.165) is 24.7 Å². The van der Waals surface area contributed by atoms with Crippen molar-refractivity contribution in [3.63, 3.8) is 0 Å². The second kappa shape index (κ2) is 4.55. The minimum Gasteiger partial charge on any atom is -0.327 e. The smallest absolute Gasteiger partial charge is 0.0113 e. The van der Waals surface area contributed by atoms with Gasteiger partial charge in [0.1, 0.15) is 0 Å². The molecule has 96 valence electrons. The summed E-state index contributed by atoms with van der Waals surface area (Å²) in [6.07, 6.45) is 4.65. The Bertz CT molecular complexity index is 462. The predicted molar refractivity (Wildman–Crippen MR) is 76.5 cm³/mol. The van der Waals surface area contributed by atoms with Crippen LogP contribution in [-0.2, 0) is 6.42 Å². The molecule has 0 aromatic heterocycles. The van der Waals surface area contributed by atoms with E-state index in [1.54, 1.807) is 11.1 Å². The molecule has 0 heterocycles. The van der Waals surface area contributed by atoms with Gasteiger partial charge in [-0.3, -0.25) is 0 Å². The highest BCUT2D eigenvalue weighted by Gasteiger charge is 2.55. The van der Waals surface area contributed by atoms with Crippen LogP contribution in [0.1, 0.15) is 43.2 Å². The molecule has 1 nitrogen and oxygen atoms in total. The van der Waals surface area contributed by atoms with Crippen LogP contribution < -0.4 is 5.73 Å². The van der Waals surface area contributed by atoms with E-state index in [1.165, 1.54) is 18.4 Å². The molecule has 18 heavy (non-hydrogen) atoms. The average Bonchev–Trinajstić information content (AvgIpc) is 3.13. The van der Waals surface area contributed by atoms with Crippen molar-refractivity contribution < 1.29 is 0 Å². The van der Waals surface area contributed by atoms with Crippen LogP contribution in [0.5, 0.6) is 0 Å². The third kappa shape index (κ3) is 1.91. The zero-order valence-electron chi connectivity index (χ0n) is 11.2. The van der Waals surface area contributed by atoms with Crippen molar-refractivity contribution in [2.24, 2.45) is 17.6 Å². The molecule has 0 radical (unpaired) electrons. The Morgan fingerprint density at radius 2 is 2.22 bits per heavy atom. The van der Waals surface area contributed by atoms with Crippen molar-refractivity contribution in [1.29, 1.82) is 0 Å². The molecule has 3 rings (SSSR count). The van der Waals surface area contributed by atoms with Crippen LogP contribution in [0, 0.1) is 11.8 Å². The molecule has 1 fully saturated rings. The first kappa shape index (κ1) is 12.0. The van der Waals surface area contributed by atoms with Gasteiger partial charge in [0.05, 0.1) is 0 Å². The average molecular weight is 241 g/mol. The number of rotatable bonds is 4. The molecule has 0 bridgehead atoms. The normalized spacial score (nSPS) is 30.2. The number of nitrogens with two attached hydrogens (primary N) is 1. The molecule has 4 atom stereocenters. The van der Waals surface area contributed by atoms with Crippen LogP contribution in [0.25, 0.3) is 0 Å². The van der Waals surface area contributed by atoms with Crippen molar-refractivity contribution in [2.75, 3.05) is 0 Å². The minimum absolute atomic E-state index is 0.318. The lowest BCUT2D eigenvalue weighted by Crippen LogP contribution is -2.24. The second-order valence-electron chi connectivity index (χ2n) is 5.98. The quantitative estimate of drug-likeness (QED) is 0.800.